The second kappa shape index (κ2) is 5.97. The SMILES string of the molecule is CC(C)n1nccc1C(=O)N1CCC[C@@H](c2nccs2)C1. The molecule has 0 spiro atoms. The average Bonchev–Trinajstić information content (AvgIpc) is 3.17. The molecular weight excluding hydrogens is 284 g/mol. The standard InChI is InChI=1S/C15H20N4OS/c1-11(2)19-13(5-6-17-19)15(20)18-8-3-4-12(10-18)14-16-7-9-21-14/h5-7,9,11-12H,3-4,8,10H2,1-2H3/t12-/m1/s1. The molecule has 1 aliphatic rings. The smallest absolute Gasteiger partial charge is 0.272 e. The largest absolute Gasteiger partial charge is 0.337 e. The van der Waals surface area contributed by atoms with Gasteiger partial charge in [-0.05, 0) is 32.8 Å². The minimum atomic E-state index is 0.0856. The van der Waals surface area contributed by atoms with Gasteiger partial charge in [0.25, 0.3) is 5.91 Å². The van der Waals surface area contributed by atoms with Gasteiger partial charge in [0.15, 0.2) is 0 Å². The molecule has 3 heterocycles. The first-order valence-electron chi connectivity index (χ1n) is 7.39. The van der Waals surface area contributed by atoms with Crippen molar-refractivity contribution >= 4 is 17.2 Å². The Kier molecular flexibility index (Phi) is 4.05. The summed E-state index contributed by atoms with van der Waals surface area (Å²) in [5, 5.41) is 7.41. The number of hydrogen-bond acceptors (Lipinski definition) is 4. The molecule has 0 saturated carbocycles. The summed E-state index contributed by atoms with van der Waals surface area (Å²) in [7, 11) is 0. The molecule has 1 atom stereocenters. The van der Waals surface area contributed by atoms with E-state index in [-0.39, 0.29) is 11.9 Å². The van der Waals surface area contributed by atoms with Crippen LogP contribution in [0.1, 0.15) is 54.1 Å². The molecule has 0 N–H and O–H groups in total. The molecule has 0 unspecified atom stereocenters. The zero-order valence-corrected chi connectivity index (χ0v) is 13.2. The highest BCUT2D eigenvalue weighted by molar-refractivity contribution is 7.09. The van der Waals surface area contributed by atoms with Crippen LogP contribution in [0.15, 0.2) is 23.8 Å². The van der Waals surface area contributed by atoms with E-state index < -0.39 is 0 Å². The van der Waals surface area contributed by atoms with Crippen LogP contribution in [0.5, 0.6) is 0 Å². The maximum Gasteiger partial charge on any atom is 0.272 e. The lowest BCUT2D eigenvalue weighted by atomic mass is 9.98. The normalized spacial score (nSPS) is 19.2. The predicted molar refractivity (Wildman–Crippen MR) is 82.6 cm³/mol. The molecule has 1 amide bonds. The van der Waals surface area contributed by atoms with Crippen molar-refractivity contribution in [2.75, 3.05) is 13.1 Å². The van der Waals surface area contributed by atoms with Crippen LogP contribution in [0.3, 0.4) is 0 Å². The Morgan fingerprint density at radius 2 is 2.29 bits per heavy atom. The third kappa shape index (κ3) is 2.85. The summed E-state index contributed by atoms with van der Waals surface area (Å²) in [6, 6.07) is 2.01. The van der Waals surface area contributed by atoms with Crippen LogP contribution in [0.2, 0.25) is 0 Å². The van der Waals surface area contributed by atoms with Gasteiger partial charge in [0.2, 0.25) is 0 Å². The van der Waals surface area contributed by atoms with Crippen molar-refractivity contribution < 1.29 is 4.79 Å². The van der Waals surface area contributed by atoms with Crippen molar-refractivity contribution in [2.45, 2.75) is 38.6 Å². The van der Waals surface area contributed by atoms with Crippen LogP contribution in [-0.4, -0.2) is 38.7 Å². The van der Waals surface area contributed by atoms with Gasteiger partial charge in [-0.2, -0.15) is 5.10 Å². The molecule has 1 fully saturated rings. The lowest BCUT2D eigenvalue weighted by Gasteiger charge is -2.32. The van der Waals surface area contributed by atoms with E-state index in [1.54, 1.807) is 22.2 Å². The van der Waals surface area contributed by atoms with Gasteiger partial charge < -0.3 is 4.90 Å². The van der Waals surface area contributed by atoms with E-state index in [1.165, 1.54) is 0 Å². The highest BCUT2D eigenvalue weighted by Gasteiger charge is 2.28. The maximum absolute atomic E-state index is 12.7. The van der Waals surface area contributed by atoms with Crippen molar-refractivity contribution in [1.29, 1.82) is 0 Å². The van der Waals surface area contributed by atoms with Gasteiger partial charge in [-0.3, -0.25) is 9.48 Å². The van der Waals surface area contributed by atoms with Crippen LogP contribution in [0, 0.1) is 0 Å². The molecule has 1 aliphatic heterocycles. The number of thiazole rings is 1. The molecule has 0 radical (unpaired) electrons. The Labute approximate surface area is 128 Å². The number of carbonyl (C=O) groups excluding carboxylic acids is 1. The molecule has 2 aromatic rings. The van der Waals surface area contributed by atoms with E-state index in [2.05, 4.69) is 10.1 Å². The van der Waals surface area contributed by atoms with Crippen molar-refractivity contribution in [3.63, 3.8) is 0 Å². The summed E-state index contributed by atoms with van der Waals surface area (Å²) in [6.07, 6.45) is 5.69. The second-order valence-electron chi connectivity index (χ2n) is 5.72. The first-order chi connectivity index (χ1) is 10.2. The van der Waals surface area contributed by atoms with Crippen LogP contribution < -0.4 is 0 Å². The number of nitrogens with zero attached hydrogens (tertiary/aromatic N) is 4. The molecule has 0 aromatic carbocycles. The number of piperidine rings is 1. The fourth-order valence-electron chi connectivity index (χ4n) is 2.86. The fourth-order valence-corrected chi connectivity index (χ4v) is 3.62. The molecule has 0 bridgehead atoms. The molecule has 1 saturated heterocycles. The molecule has 3 rings (SSSR count). The van der Waals surface area contributed by atoms with Gasteiger partial charge in [-0.25, -0.2) is 4.98 Å². The Hall–Kier alpha value is -1.69. The third-order valence-electron chi connectivity index (χ3n) is 3.89. The minimum Gasteiger partial charge on any atom is -0.337 e. The van der Waals surface area contributed by atoms with Crippen LogP contribution in [0.25, 0.3) is 0 Å². The Bertz CT molecular complexity index is 605. The molecular formula is C15H20N4OS. The minimum absolute atomic E-state index is 0.0856. The second-order valence-corrected chi connectivity index (χ2v) is 6.64. The Morgan fingerprint density at radius 3 is 3.00 bits per heavy atom. The van der Waals surface area contributed by atoms with E-state index in [1.807, 2.05) is 36.4 Å². The zero-order valence-electron chi connectivity index (χ0n) is 12.4. The monoisotopic (exact) mass is 304 g/mol. The van der Waals surface area contributed by atoms with Crippen LogP contribution >= 0.6 is 11.3 Å². The number of carbonyl (C=O) groups is 1. The summed E-state index contributed by atoms with van der Waals surface area (Å²) in [4.78, 5) is 19.1. The average molecular weight is 304 g/mol. The number of likely N-dealkylation sites (tertiary alicyclic amines) is 1. The highest BCUT2D eigenvalue weighted by Crippen LogP contribution is 2.29. The maximum atomic E-state index is 12.7. The van der Waals surface area contributed by atoms with Crippen LogP contribution in [0.4, 0.5) is 0 Å². The first-order valence-corrected chi connectivity index (χ1v) is 8.27. The van der Waals surface area contributed by atoms with E-state index in [9.17, 15) is 4.79 Å². The molecule has 2 aromatic heterocycles. The van der Waals surface area contributed by atoms with Gasteiger partial charge in [0.1, 0.15) is 5.69 Å². The van der Waals surface area contributed by atoms with E-state index in [0.29, 0.717) is 11.6 Å². The summed E-state index contributed by atoms with van der Waals surface area (Å²) in [6.45, 7) is 5.66. The van der Waals surface area contributed by atoms with Gasteiger partial charge >= 0.3 is 0 Å². The number of rotatable bonds is 3. The third-order valence-corrected chi connectivity index (χ3v) is 4.83. The van der Waals surface area contributed by atoms with Gasteiger partial charge in [0.05, 0.1) is 5.01 Å². The molecule has 112 valence electrons. The van der Waals surface area contributed by atoms with Crippen molar-refractivity contribution in [1.82, 2.24) is 19.7 Å². The van der Waals surface area contributed by atoms with Gasteiger partial charge in [0, 0.05) is 42.8 Å². The fraction of sp³-hybridized carbons (Fsp3) is 0.533. The van der Waals surface area contributed by atoms with Crippen molar-refractivity contribution in [3.05, 3.63) is 34.5 Å². The van der Waals surface area contributed by atoms with E-state index in [0.717, 1.165) is 30.9 Å². The zero-order chi connectivity index (χ0) is 14.8. The molecule has 5 nitrogen and oxygen atoms in total. The van der Waals surface area contributed by atoms with Gasteiger partial charge in [-0.15, -0.1) is 11.3 Å². The predicted octanol–water partition coefficient (Wildman–Crippen LogP) is 2.94. The van der Waals surface area contributed by atoms with Gasteiger partial charge in [-0.1, -0.05) is 0 Å². The van der Waals surface area contributed by atoms with Crippen molar-refractivity contribution in [3.8, 4) is 0 Å². The number of hydrogen-bond donors (Lipinski definition) is 0. The molecule has 6 heteroatoms. The van der Waals surface area contributed by atoms with Crippen molar-refractivity contribution in [2.24, 2.45) is 0 Å². The summed E-state index contributed by atoms with van der Waals surface area (Å²) in [5.41, 5.74) is 0.685. The molecule has 21 heavy (non-hydrogen) atoms. The topological polar surface area (TPSA) is 51.0 Å². The quantitative estimate of drug-likeness (QED) is 0.876. The first kappa shape index (κ1) is 14.3. The lowest BCUT2D eigenvalue weighted by Crippen LogP contribution is -2.40. The van der Waals surface area contributed by atoms with E-state index in [4.69, 9.17) is 0 Å². The Morgan fingerprint density at radius 1 is 1.43 bits per heavy atom. The Balaban J connectivity index is 1.77. The summed E-state index contributed by atoms with van der Waals surface area (Å²) in [5.74, 6) is 0.459. The van der Waals surface area contributed by atoms with Crippen LogP contribution in [-0.2, 0) is 0 Å². The highest BCUT2D eigenvalue weighted by atomic mass is 32.1. The molecule has 0 aliphatic carbocycles. The summed E-state index contributed by atoms with van der Waals surface area (Å²) >= 11 is 1.68. The van der Waals surface area contributed by atoms with E-state index >= 15 is 0 Å². The lowest BCUT2D eigenvalue weighted by molar-refractivity contribution is 0.0692. The summed E-state index contributed by atoms with van der Waals surface area (Å²) < 4.78 is 1.80. The number of amides is 1. The number of aromatic nitrogens is 3.